The molecule has 1 aromatic rings. The number of anilines is 1. The van der Waals surface area contributed by atoms with Crippen LogP contribution in [0.1, 0.15) is 66.9 Å². The summed E-state index contributed by atoms with van der Waals surface area (Å²) in [5.41, 5.74) is 9.85. The van der Waals surface area contributed by atoms with E-state index in [0.717, 1.165) is 35.6 Å². The van der Waals surface area contributed by atoms with E-state index in [-0.39, 0.29) is 24.5 Å². The van der Waals surface area contributed by atoms with Crippen LogP contribution in [0.25, 0.3) is 0 Å². The SMILES string of the molecule is C=C(CNC(=C)C(C)N1C(=C)C=CC1=O)NCC(=C)Nc1ccc(COC(C)=O)cc1.C=C(N)NCCC.CC.CCC. The predicted octanol–water partition coefficient (Wildman–Crippen LogP) is 6.04. The van der Waals surface area contributed by atoms with Crippen LogP contribution in [0.5, 0.6) is 0 Å². The molecule has 0 aliphatic carbocycles. The smallest absolute Gasteiger partial charge is 0.302 e. The fourth-order valence-corrected chi connectivity index (χ4v) is 3.13. The third-order valence-corrected chi connectivity index (χ3v) is 5.26. The van der Waals surface area contributed by atoms with E-state index >= 15 is 0 Å². The minimum Gasteiger partial charge on any atom is -0.461 e. The largest absolute Gasteiger partial charge is 0.461 e. The maximum absolute atomic E-state index is 11.9. The van der Waals surface area contributed by atoms with Crippen LogP contribution in [-0.2, 0) is 20.9 Å². The van der Waals surface area contributed by atoms with Gasteiger partial charge in [0.2, 0.25) is 0 Å². The van der Waals surface area contributed by atoms with E-state index in [0.29, 0.717) is 30.3 Å². The molecule has 1 aliphatic rings. The van der Waals surface area contributed by atoms with E-state index in [1.807, 2.05) is 45.0 Å². The normalized spacial score (nSPS) is 11.7. The van der Waals surface area contributed by atoms with E-state index in [1.54, 1.807) is 11.0 Å². The average molecular weight is 597 g/mol. The molecule has 1 aliphatic heterocycles. The van der Waals surface area contributed by atoms with Gasteiger partial charge in [-0.25, -0.2) is 0 Å². The van der Waals surface area contributed by atoms with Crippen LogP contribution in [0.15, 0.2) is 97.9 Å². The molecule has 2 rings (SSSR count). The highest BCUT2D eigenvalue weighted by Gasteiger charge is 2.25. The summed E-state index contributed by atoms with van der Waals surface area (Å²) in [6.07, 6.45) is 5.54. The summed E-state index contributed by atoms with van der Waals surface area (Å²) in [5, 5.41) is 12.5. The number of allylic oxidation sites excluding steroid dienone is 1. The summed E-state index contributed by atoms with van der Waals surface area (Å²) in [5.74, 6) is 0.155. The van der Waals surface area contributed by atoms with E-state index in [9.17, 15) is 9.59 Å². The maximum atomic E-state index is 11.9. The van der Waals surface area contributed by atoms with Gasteiger partial charge in [-0.3, -0.25) is 9.59 Å². The number of carbonyl (C=O) groups excluding carboxylic acids is 2. The molecule has 1 unspecified atom stereocenters. The van der Waals surface area contributed by atoms with E-state index < -0.39 is 0 Å². The highest BCUT2D eigenvalue weighted by atomic mass is 16.5. The van der Waals surface area contributed by atoms with Crippen LogP contribution in [0.4, 0.5) is 5.69 Å². The Kier molecular flexibility index (Phi) is 22.9. The summed E-state index contributed by atoms with van der Waals surface area (Å²) in [6.45, 7) is 35.1. The average Bonchev–Trinajstić information content (AvgIpc) is 3.31. The van der Waals surface area contributed by atoms with Crippen LogP contribution >= 0.6 is 0 Å². The molecule has 240 valence electrons. The van der Waals surface area contributed by atoms with Crippen molar-refractivity contribution in [3.05, 3.63) is 103 Å². The maximum Gasteiger partial charge on any atom is 0.302 e. The Hall–Kier alpha value is -4.40. The van der Waals surface area contributed by atoms with Gasteiger partial charge in [0.05, 0.1) is 25.0 Å². The summed E-state index contributed by atoms with van der Waals surface area (Å²) >= 11 is 0. The van der Waals surface area contributed by atoms with Crippen LogP contribution in [0.3, 0.4) is 0 Å². The number of nitrogens with two attached hydrogens (primary N) is 1. The molecule has 0 aromatic heterocycles. The Morgan fingerprint density at radius 3 is 1.95 bits per heavy atom. The lowest BCUT2D eigenvalue weighted by Crippen LogP contribution is -2.39. The van der Waals surface area contributed by atoms with Crippen molar-refractivity contribution in [3.63, 3.8) is 0 Å². The number of carbonyl (C=O) groups is 2. The number of amides is 1. The van der Waals surface area contributed by atoms with Crippen molar-refractivity contribution in [2.45, 2.75) is 74.0 Å². The molecule has 9 heteroatoms. The van der Waals surface area contributed by atoms with Crippen LogP contribution in [0.2, 0.25) is 0 Å². The van der Waals surface area contributed by atoms with Gasteiger partial charge < -0.3 is 36.6 Å². The lowest BCUT2D eigenvalue weighted by atomic mass is 10.2. The fourth-order valence-electron chi connectivity index (χ4n) is 3.13. The molecule has 0 fully saturated rings. The first-order valence-electron chi connectivity index (χ1n) is 14.8. The molecular formula is C34H56N6O3. The minimum absolute atomic E-state index is 0.0980. The summed E-state index contributed by atoms with van der Waals surface area (Å²) in [7, 11) is 0. The predicted molar refractivity (Wildman–Crippen MR) is 182 cm³/mol. The summed E-state index contributed by atoms with van der Waals surface area (Å²) < 4.78 is 4.97. The molecule has 9 nitrogen and oxygen atoms in total. The summed E-state index contributed by atoms with van der Waals surface area (Å²) in [6, 6.07) is 7.35. The first kappa shape index (κ1) is 40.7. The van der Waals surface area contributed by atoms with Crippen LogP contribution < -0.4 is 27.0 Å². The second kappa shape index (κ2) is 24.2. The van der Waals surface area contributed by atoms with Gasteiger partial charge in [0.25, 0.3) is 5.91 Å². The van der Waals surface area contributed by atoms with E-state index in [1.165, 1.54) is 19.4 Å². The van der Waals surface area contributed by atoms with Crippen molar-refractivity contribution in [1.29, 1.82) is 0 Å². The molecule has 1 aromatic carbocycles. The van der Waals surface area contributed by atoms with Crippen molar-refractivity contribution < 1.29 is 14.3 Å². The van der Waals surface area contributed by atoms with E-state index in [4.69, 9.17) is 10.5 Å². The zero-order valence-corrected chi connectivity index (χ0v) is 27.6. The van der Waals surface area contributed by atoms with Gasteiger partial charge >= 0.3 is 5.97 Å². The monoisotopic (exact) mass is 596 g/mol. The molecule has 1 atom stereocenters. The first-order chi connectivity index (χ1) is 20.4. The molecule has 0 spiro atoms. The minimum atomic E-state index is -0.304. The van der Waals surface area contributed by atoms with Crippen LogP contribution in [0, 0.1) is 0 Å². The molecule has 0 radical (unpaired) electrons. The van der Waals surface area contributed by atoms with Gasteiger partial charge in [-0.05, 0) is 37.1 Å². The quantitative estimate of drug-likeness (QED) is 0.155. The number of hydrogen-bond acceptors (Lipinski definition) is 8. The second-order valence-corrected chi connectivity index (χ2v) is 9.41. The zero-order valence-electron chi connectivity index (χ0n) is 27.6. The van der Waals surface area contributed by atoms with Gasteiger partial charge in [0.15, 0.2) is 0 Å². The van der Waals surface area contributed by atoms with Gasteiger partial charge in [-0.1, -0.05) is 86.1 Å². The Labute approximate surface area is 260 Å². The number of benzene rings is 1. The third-order valence-electron chi connectivity index (χ3n) is 5.26. The van der Waals surface area contributed by atoms with Crippen LogP contribution in [-0.4, -0.2) is 42.5 Å². The van der Waals surface area contributed by atoms with Crippen molar-refractivity contribution in [2.24, 2.45) is 5.73 Å². The molecule has 1 heterocycles. The fraction of sp³-hybridized carbons (Fsp3) is 0.412. The van der Waals surface area contributed by atoms with Crippen molar-refractivity contribution in [2.75, 3.05) is 25.0 Å². The third kappa shape index (κ3) is 19.4. The Morgan fingerprint density at radius 1 is 0.953 bits per heavy atom. The molecule has 0 bridgehead atoms. The van der Waals surface area contributed by atoms with Crippen molar-refractivity contribution >= 4 is 17.6 Å². The molecule has 0 saturated carbocycles. The molecular weight excluding hydrogens is 540 g/mol. The van der Waals surface area contributed by atoms with Gasteiger partial charge in [-0.2, -0.15) is 0 Å². The highest BCUT2D eigenvalue weighted by Crippen LogP contribution is 2.19. The lowest BCUT2D eigenvalue weighted by Gasteiger charge is -2.28. The Balaban J connectivity index is 0. The molecule has 43 heavy (non-hydrogen) atoms. The van der Waals surface area contributed by atoms with Gasteiger partial charge in [0, 0.05) is 48.0 Å². The summed E-state index contributed by atoms with van der Waals surface area (Å²) in [4.78, 5) is 24.4. The molecule has 6 N–H and O–H groups in total. The lowest BCUT2D eigenvalue weighted by molar-refractivity contribution is -0.142. The Morgan fingerprint density at radius 2 is 1.51 bits per heavy atom. The molecule has 0 saturated heterocycles. The standard InChI is InChI=1S/C24H30N4O3.C5H12N2.C3H8.C2H6/c1-16(13-26-19(4)20(5)28-18(3)7-12-24(28)30)25-14-17(2)27-23-10-8-22(9-11-23)15-31-21(6)29;1-3-4-7-5(2)6;1-3-2;1-2/h7-12,20,25-27H,1-4,13-15H2,5-6H3;7H,2-4,6H2,1H3;3H2,1-2H3;1-2H3. The topological polar surface area (TPSA) is 121 Å². The van der Waals surface area contributed by atoms with Gasteiger partial charge in [-0.15, -0.1) is 0 Å². The second-order valence-electron chi connectivity index (χ2n) is 9.41. The first-order valence-corrected chi connectivity index (χ1v) is 14.8. The highest BCUT2D eigenvalue weighted by molar-refractivity contribution is 5.93. The number of hydrogen-bond donors (Lipinski definition) is 5. The number of nitrogens with zero attached hydrogens (tertiary/aromatic N) is 1. The number of esters is 1. The van der Waals surface area contributed by atoms with Crippen molar-refractivity contribution in [1.82, 2.24) is 20.9 Å². The molecule has 1 amide bonds. The Bertz CT molecular complexity index is 1060. The van der Waals surface area contributed by atoms with Gasteiger partial charge in [0.1, 0.15) is 6.61 Å². The number of rotatable bonds is 15. The number of nitrogens with one attached hydrogen (secondary N) is 4. The van der Waals surface area contributed by atoms with Crippen molar-refractivity contribution in [3.8, 4) is 0 Å². The van der Waals surface area contributed by atoms with E-state index in [2.05, 4.69) is 74.9 Å². The zero-order chi connectivity index (χ0) is 33.4. The number of ether oxygens (including phenoxy) is 1.